The van der Waals surface area contributed by atoms with Crippen LogP contribution in [0.5, 0.6) is 0 Å². The highest BCUT2D eigenvalue weighted by molar-refractivity contribution is 5.54. The molecule has 24 heavy (non-hydrogen) atoms. The summed E-state index contributed by atoms with van der Waals surface area (Å²) in [4.78, 5) is 34.2. The Labute approximate surface area is 135 Å². The normalized spacial score (nSPS) is 17.2. The first-order valence-electron chi connectivity index (χ1n) is 5.92. The van der Waals surface area contributed by atoms with Crippen LogP contribution >= 0.6 is 0 Å². The molecule has 0 bridgehead atoms. The van der Waals surface area contributed by atoms with Crippen LogP contribution in [-0.2, 0) is 0 Å². The van der Waals surface area contributed by atoms with Gasteiger partial charge >= 0.3 is 24.6 Å². The van der Waals surface area contributed by atoms with Crippen LogP contribution in [0, 0.1) is 0 Å². The van der Waals surface area contributed by atoms with Gasteiger partial charge in [0.15, 0.2) is 0 Å². The summed E-state index contributed by atoms with van der Waals surface area (Å²) in [5.41, 5.74) is 11.3. The molecule has 1 rings (SSSR count). The Kier molecular flexibility index (Phi) is 24.2. The highest BCUT2D eigenvalue weighted by Crippen LogP contribution is 2.14. The molecule has 1 fully saturated rings. The zero-order chi connectivity index (χ0) is 20.3. The molecule has 1 aliphatic rings. The lowest BCUT2D eigenvalue weighted by molar-refractivity contribution is 0.135. The van der Waals surface area contributed by atoms with E-state index in [0.717, 1.165) is 12.8 Å². The lowest BCUT2D eigenvalue weighted by Gasteiger charge is -2.24. The summed E-state index contributed by atoms with van der Waals surface area (Å²) < 4.78 is 0. The Morgan fingerprint density at radius 2 is 0.667 bits per heavy atom. The summed E-state index contributed by atoms with van der Waals surface area (Å²) in [5, 5.41) is 55.8. The maximum atomic E-state index is 8.56. The molecule has 0 aromatic carbocycles. The Balaban J connectivity index is -0.000000110. The van der Waals surface area contributed by atoms with Gasteiger partial charge in [0.2, 0.25) is 0 Å². The molecule has 14 nitrogen and oxygen atoms in total. The molecule has 0 amide bonds. The molecule has 0 aromatic heterocycles. The van der Waals surface area contributed by atoms with Gasteiger partial charge in [0.05, 0.1) is 0 Å². The van der Waals surface area contributed by atoms with Crippen molar-refractivity contribution in [3.63, 3.8) is 0 Å². The van der Waals surface area contributed by atoms with Crippen LogP contribution in [0.4, 0.5) is 19.2 Å². The van der Waals surface area contributed by atoms with Crippen LogP contribution in [0.25, 0.3) is 0 Å². The third-order valence-corrected chi connectivity index (χ3v) is 1.87. The first-order chi connectivity index (χ1) is 10.7. The van der Waals surface area contributed by atoms with Gasteiger partial charge in [0.1, 0.15) is 0 Å². The summed E-state index contributed by atoms with van der Waals surface area (Å²) in [6.45, 7) is 0. The average molecular weight is 362 g/mol. The Morgan fingerprint density at radius 1 is 0.542 bits per heavy atom. The summed E-state index contributed by atoms with van der Waals surface area (Å²) in [6, 6.07) is 0.562. The predicted molar refractivity (Wildman–Crippen MR) is 77.0 cm³/mol. The first-order valence-corrected chi connectivity index (χ1v) is 5.92. The Morgan fingerprint density at radius 3 is 0.750 bits per heavy atom. The van der Waals surface area contributed by atoms with Gasteiger partial charge in [-0.2, -0.15) is 0 Å². The van der Waals surface area contributed by atoms with Crippen LogP contribution < -0.4 is 11.5 Å². The monoisotopic (exact) mass is 362 g/mol. The molecule has 0 saturated heterocycles. The lowest BCUT2D eigenvalue weighted by Crippen LogP contribution is -2.43. The topological polar surface area (TPSA) is 282 Å². The smallest absolute Gasteiger partial charge is 0.450 e. The minimum atomic E-state index is -1.83. The number of rotatable bonds is 0. The van der Waals surface area contributed by atoms with E-state index < -0.39 is 24.6 Å². The van der Waals surface area contributed by atoms with E-state index in [1.807, 2.05) is 0 Å². The molecule has 0 radical (unpaired) electrons. The summed E-state index contributed by atoms with van der Waals surface area (Å²) in [5.74, 6) is 0. The minimum absolute atomic E-state index is 0.281. The zero-order valence-electron chi connectivity index (χ0n) is 12.3. The van der Waals surface area contributed by atoms with Crippen molar-refractivity contribution in [2.75, 3.05) is 0 Å². The average Bonchev–Trinajstić information content (AvgIpc) is 2.30. The molecule has 144 valence electrons. The summed E-state index contributed by atoms with van der Waals surface area (Å²) in [6.07, 6.45) is -2.54. The largest absolute Gasteiger partial charge is 0.503 e. The van der Waals surface area contributed by atoms with Crippen LogP contribution in [0.2, 0.25) is 0 Å². The first kappa shape index (κ1) is 29.1. The van der Waals surface area contributed by atoms with Crippen LogP contribution in [0.1, 0.15) is 25.7 Å². The highest BCUT2D eigenvalue weighted by atomic mass is 16.6. The van der Waals surface area contributed by atoms with Crippen molar-refractivity contribution in [3.05, 3.63) is 0 Å². The Bertz CT molecular complexity index is 288. The van der Waals surface area contributed by atoms with Gasteiger partial charge in [-0.25, -0.2) is 19.2 Å². The number of carbonyl (C=O) groups is 4. The molecule has 12 N–H and O–H groups in total. The predicted octanol–water partition coefficient (Wildman–Crippen LogP) is 1.10. The van der Waals surface area contributed by atoms with Crippen molar-refractivity contribution in [1.29, 1.82) is 0 Å². The van der Waals surface area contributed by atoms with Crippen molar-refractivity contribution in [2.45, 2.75) is 37.8 Å². The summed E-state index contributed by atoms with van der Waals surface area (Å²) in [7, 11) is 0. The lowest BCUT2D eigenvalue weighted by atomic mass is 9.92. The summed E-state index contributed by atoms with van der Waals surface area (Å²) >= 11 is 0. The van der Waals surface area contributed by atoms with Crippen LogP contribution in [0.3, 0.4) is 0 Å². The van der Waals surface area contributed by atoms with Gasteiger partial charge in [-0.05, 0) is 12.8 Å². The minimum Gasteiger partial charge on any atom is -0.450 e. The maximum Gasteiger partial charge on any atom is 0.503 e. The Hall–Kier alpha value is -3.00. The molecular formula is C10H22N2O12. The van der Waals surface area contributed by atoms with E-state index in [9.17, 15) is 0 Å². The SMILES string of the molecule is NC1CCCCC1N.O=C(O)O.O=C(O)O.O=C(O)O.O=C(O)O. The van der Waals surface area contributed by atoms with Crippen LogP contribution in [-0.4, -0.2) is 77.6 Å². The standard InChI is InChI=1S/C6H14N2.4CH2O3/c7-5-3-1-2-4-6(5)8;4*2-1(3)4/h5-6H,1-4,7-8H2;4*(H2,2,3,4). The fourth-order valence-electron chi connectivity index (χ4n) is 1.19. The number of hydrogen-bond donors (Lipinski definition) is 10. The quantitative estimate of drug-likeness (QED) is 0.288. The fraction of sp³-hybridized carbons (Fsp3) is 0.600. The van der Waals surface area contributed by atoms with E-state index in [1.165, 1.54) is 12.8 Å². The van der Waals surface area contributed by atoms with Crippen molar-refractivity contribution in [2.24, 2.45) is 11.5 Å². The third-order valence-electron chi connectivity index (χ3n) is 1.87. The van der Waals surface area contributed by atoms with Crippen LogP contribution in [0.15, 0.2) is 0 Å². The third kappa shape index (κ3) is 96.2. The van der Waals surface area contributed by atoms with E-state index in [4.69, 9.17) is 71.5 Å². The molecule has 1 saturated carbocycles. The number of carboxylic acid groups (broad SMARTS) is 8. The molecule has 2 unspecified atom stereocenters. The molecular weight excluding hydrogens is 340 g/mol. The molecule has 0 spiro atoms. The molecule has 2 atom stereocenters. The number of hydrogen-bond acceptors (Lipinski definition) is 6. The number of nitrogens with two attached hydrogens (primary N) is 2. The van der Waals surface area contributed by atoms with E-state index in [1.54, 1.807) is 0 Å². The maximum absolute atomic E-state index is 8.56. The second kappa shape index (κ2) is 20.0. The van der Waals surface area contributed by atoms with E-state index in [-0.39, 0.29) is 12.1 Å². The van der Waals surface area contributed by atoms with Gasteiger partial charge in [0.25, 0.3) is 0 Å². The highest BCUT2D eigenvalue weighted by Gasteiger charge is 2.16. The van der Waals surface area contributed by atoms with Gasteiger partial charge in [-0.15, -0.1) is 0 Å². The molecule has 14 heteroatoms. The van der Waals surface area contributed by atoms with Crippen molar-refractivity contribution in [1.82, 2.24) is 0 Å². The molecule has 0 aliphatic heterocycles. The molecule has 1 aliphatic carbocycles. The van der Waals surface area contributed by atoms with Gasteiger partial charge in [-0.1, -0.05) is 12.8 Å². The van der Waals surface area contributed by atoms with E-state index >= 15 is 0 Å². The van der Waals surface area contributed by atoms with Gasteiger partial charge in [-0.3, -0.25) is 0 Å². The zero-order valence-corrected chi connectivity index (χ0v) is 12.3. The molecule has 0 heterocycles. The molecule has 0 aromatic rings. The second-order valence-electron chi connectivity index (χ2n) is 3.74. The fourth-order valence-corrected chi connectivity index (χ4v) is 1.19. The van der Waals surface area contributed by atoms with Crippen molar-refractivity contribution < 1.29 is 60.0 Å². The van der Waals surface area contributed by atoms with Gasteiger partial charge in [0, 0.05) is 12.1 Å². The van der Waals surface area contributed by atoms with Crippen molar-refractivity contribution in [3.8, 4) is 0 Å². The van der Waals surface area contributed by atoms with Crippen molar-refractivity contribution >= 4 is 24.6 Å². The van der Waals surface area contributed by atoms with Gasteiger partial charge < -0.3 is 52.3 Å². The van der Waals surface area contributed by atoms with E-state index in [0.29, 0.717) is 0 Å². The second-order valence-corrected chi connectivity index (χ2v) is 3.74. The van der Waals surface area contributed by atoms with E-state index in [2.05, 4.69) is 0 Å².